The molecule has 1 aliphatic carbocycles. The van der Waals surface area contributed by atoms with Gasteiger partial charge in [-0.3, -0.25) is 0 Å². The maximum atomic E-state index is 13.4. The third-order valence-corrected chi connectivity index (χ3v) is 5.02. The summed E-state index contributed by atoms with van der Waals surface area (Å²) in [5, 5.41) is 10.8. The number of amides is 1. The number of rotatable bonds is 4. The highest BCUT2D eigenvalue weighted by molar-refractivity contribution is 5.69. The van der Waals surface area contributed by atoms with E-state index in [1.165, 1.54) is 12.1 Å². The first kappa shape index (κ1) is 19.0. The smallest absolute Gasteiger partial charge is 0.410 e. The van der Waals surface area contributed by atoms with E-state index in [0.717, 1.165) is 12.5 Å². The van der Waals surface area contributed by atoms with Crippen LogP contribution in [0.5, 0.6) is 0 Å². The molecule has 144 valence electrons. The van der Waals surface area contributed by atoms with Gasteiger partial charge < -0.3 is 20.5 Å². The Kier molecular flexibility index (Phi) is 4.96. The molecule has 1 saturated heterocycles. The van der Waals surface area contributed by atoms with Crippen molar-refractivity contribution < 1.29 is 23.4 Å². The van der Waals surface area contributed by atoms with Gasteiger partial charge in [0.1, 0.15) is 17.2 Å². The molecule has 26 heavy (non-hydrogen) atoms. The quantitative estimate of drug-likeness (QED) is 0.856. The molecule has 1 amide bonds. The summed E-state index contributed by atoms with van der Waals surface area (Å²) >= 11 is 0. The minimum absolute atomic E-state index is 0.117. The monoisotopic (exact) mass is 368 g/mol. The molecular weight excluding hydrogens is 342 g/mol. The summed E-state index contributed by atoms with van der Waals surface area (Å²) in [4.78, 5) is 14.0. The van der Waals surface area contributed by atoms with Crippen molar-refractivity contribution in [1.82, 2.24) is 4.90 Å². The van der Waals surface area contributed by atoms with E-state index in [-0.39, 0.29) is 12.3 Å². The average Bonchev–Trinajstić information content (AvgIpc) is 3.14. The first-order valence-electron chi connectivity index (χ1n) is 8.93. The van der Waals surface area contributed by atoms with Gasteiger partial charge >= 0.3 is 6.09 Å². The second kappa shape index (κ2) is 6.78. The lowest BCUT2D eigenvalue weighted by molar-refractivity contribution is -0.00597. The molecule has 1 unspecified atom stereocenters. The van der Waals surface area contributed by atoms with Crippen molar-refractivity contribution in [1.29, 1.82) is 0 Å². The highest BCUT2D eigenvalue weighted by atomic mass is 19.1. The predicted octanol–water partition coefficient (Wildman–Crippen LogP) is 2.45. The van der Waals surface area contributed by atoms with E-state index in [9.17, 15) is 18.7 Å². The lowest BCUT2D eigenvalue weighted by Gasteiger charge is -2.35. The molecule has 1 saturated carbocycles. The molecule has 1 aromatic carbocycles. The fourth-order valence-corrected chi connectivity index (χ4v) is 3.83. The van der Waals surface area contributed by atoms with Crippen molar-refractivity contribution in [2.24, 2.45) is 17.6 Å². The molecule has 0 radical (unpaired) electrons. The number of ether oxygens (including phenoxy) is 1. The van der Waals surface area contributed by atoms with Gasteiger partial charge in [-0.05, 0) is 63.1 Å². The fraction of sp³-hybridized carbons (Fsp3) is 0.632. The van der Waals surface area contributed by atoms with Crippen molar-refractivity contribution in [2.75, 3.05) is 6.54 Å². The Hall–Kier alpha value is -1.73. The number of fused-ring (bicyclic) bond motifs is 1. The Balaban J connectivity index is 1.70. The van der Waals surface area contributed by atoms with Crippen LogP contribution in [0.15, 0.2) is 18.2 Å². The van der Waals surface area contributed by atoms with E-state index in [4.69, 9.17) is 10.5 Å². The van der Waals surface area contributed by atoms with Gasteiger partial charge in [0, 0.05) is 18.7 Å². The zero-order valence-electron chi connectivity index (χ0n) is 15.3. The first-order chi connectivity index (χ1) is 12.0. The van der Waals surface area contributed by atoms with E-state index in [1.54, 1.807) is 25.7 Å². The van der Waals surface area contributed by atoms with Crippen LogP contribution in [0.25, 0.3) is 0 Å². The fourth-order valence-electron chi connectivity index (χ4n) is 3.83. The largest absolute Gasteiger partial charge is 0.444 e. The Labute approximate surface area is 152 Å². The van der Waals surface area contributed by atoms with E-state index >= 15 is 0 Å². The predicted molar refractivity (Wildman–Crippen MR) is 92.4 cm³/mol. The molecule has 1 aromatic rings. The number of hydrogen-bond acceptors (Lipinski definition) is 4. The molecular formula is C19H26F2N2O3. The van der Waals surface area contributed by atoms with Crippen LogP contribution in [0.4, 0.5) is 13.6 Å². The van der Waals surface area contributed by atoms with Crippen molar-refractivity contribution in [2.45, 2.75) is 57.4 Å². The summed E-state index contributed by atoms with van der Waals surface area (Å²) in [6, 6.07) is 2.03. The summed E-state index contributed by atoms with van der Waals surface area (Å²) < 4.78 is 32.2. The third-order valence-electron chi connectivity index (χ3n) is 5.02. The van der Waals surface area contributed by atoms with Crippen molar-refractivity contribution >= 4 is 6.09 Å². The van der Waals surface area contributed by atoms with E-state index < -0.39 is 41.5 Å². The maximum Gasteiger partial charge on any atom is 0.410 e. The van der Waals surface area contributed by atoms with Crippen molar-refractivity contribution in [3.8, 4) is 0 Å². The summed E-state index contributed by atoms with van der Waals surface area (Å²) in [5.41, 5.74) is 5.88. The van der Waals surface area contributed by atoms with Gasteiger partial charge in [-0.25, -0.2) is 13.6 Å². The molecule has 7 heteroatoms. The third kappa shape index (κ3) is 4.15. The second-order valence-corrected chi connectivity index (χ2v) is 8.42. The minimum Gasteiger partial charge on any atom is -0.444 e. The van der Waals surface area contributed by atoms with E-state index in [1.807, 2.05) is 0 Å². The Bertz CT molecular complexity index is 672. The SMILES string of the molecule is CC(C)(C)OC(=O)N1CC2C[C@H]2[C@@H]1[C@@H](O)[C@@H](N)Cc1cc(F)cc(F)c1. The number of hydrogen-bond donors (Lipinski definition) is 2. The van der Waals surface area contributed by atoms with Gasteiger partial charge in [0.15, 0.2) is 0 Å². The summed E-state index contributed by atoms with van der Waals surface area (Å²) in [7, 11) is 0. The summed E-state index contributed by atoms with van der Waals surface area (Å²) in [6.45, 7) is 5.91. The number of nitrogens with zero attached hydrogens (tertiary/aromatic N) is 1. The lowest BCUT2D eigenvalue weighted by atomic mass is 9.94. The molecule has 3 N–H and O–H groups in total. The Morgan fingerprint density at radius 3 is 2.54 bits per heavy atom. The molecule has 5 atom stereocenters. The Morgan fingerprint density at radius 2 is 1.96 bits per heavy atom. The van der Waals surface area contributed by atoms with Crippen LogP contribution in [-0.4, -0.2) is 46.4 Å². The number of benzene rings is 1. The number of piperidine rings is 1. The van der Waals surface area contributed by atoms with Crippen LogP contribution < -0.4 is 5.73 Å². The van der Waals surface area contributed by atoms with Gasteiger partial charge in [0.2, 0.25) is 0 Å². The highest BCUT2D eigenvalue weighted by Gasteiger charge is 2.57. The number of nitrogens with two attached hydrogens (primary N) is 1. The zero-order valence-corrected chi connectivity index (χ0v) is 15.3. The standard InChI is InChI=1S/C19H26F2N2O3/c1-19(2,3)26-18(25)23-9-11-7-14(11)16(23)17(24)15(22)6-10-4-12(20)8-13(21)5-10/h4-5,8,11,14-17,24H,6-7,9,22H2,1-3H3/t11?,14-,15+,16-,17+/m1/s1. The normalized spacial score (nSPS) is 27.0. The highest BCUT2D eigenvalue weighted by Crippen LogP contribution is 2.51. The second-order valence-electron chi connectivity index (χ2n) is 8.42. The van der Waals surface area contributed by atoms with Crippen LogP contribution in [-0.2, 0) is 11.2 Å². The van der Waals surface area contributed by atoms with Gasteiger partial charge in [-0.15, -0.1) is 0 Å². The number of carbonyl (C=O) groups excluding carboxylic acids is 1. The van der Waals surface area contributed by atoms with Gasteiger partial charge in [-0.2, -0.15) is 0 Å². The topological polar surface area (TPSA) is 75.8 Å². The van der Waals surface area contributed by atoms with Gasteiger partial charge in [-0.1, -0.05) is 0 Å². The number of likely N-dealkylation sites (tertiary alicyclic amines) is 1. The van der Waals surface area contributed by atoms with E-state index in [2.05, 4.69) is 0 Å². The zero-order chi connectivity index (χ0) is 19.2. The van der Waals surface area contributed by atoms with Crippen LogP contribution in [0, 0.1) is 23.5 Å². The molecule has 2 fully saturated rings. The van der Waals surface area contributed by atoms with Crippen molar-refractivity contribution in [3.63, 3.8) is 0 Å². The van der Waals surface area contributed by atoms with Gasteiger partial charge in [0.05, 0.1) is 12.1 Å². The van der Waals surface area contributed by atoms with Crippen LogP contribution in [0.3, 0.4) is 0 Å². The van der Waals surface area contributed by atoms with Crippen LogP contribution >= 0.6 is 0 Å². The molecule has 1 aliphatic heterocycles. The van der Waals surface area contributed by atoms with Crippen molar-refractivity contribution in [3.05, 3.63) is 35.4 Å². The molecule has 0 bridgehead atoms. The van der Waals surface area contributed by atoms with Crippen LogP contribution in [0.2, 0.25) is 0 Å². The number of aliphatic hydroxyl groups is 1. The van der Waals surface area contributed by atoms with Crippen LogP contribution in [0.1, 0.15) is 32.8 Å². The summed E-state index contributed by atoms with van der Waals surface area (Å²) in [6.07, 6.45) is -0.391. The summed E-state index contributed by atoms with van der Waals surface area (Å²) in [5.74, 6) is -0.797. The van der Waals surface area contributed by atoms with Gasteiger partial charge in [0.25, 0.3) is 0 Å². The Morgan fingerprint density at radius 1 is 1.35 bits per heavy atom. The molecule has 5 nitrogen and oxygen atoms in total. The average molecular weight is 368 g/mol. The molecule has 1 heterocycles. The molecule has 3 rings (SSSR count). The molecule has 0 aromatic heterocycles. The molecule has 2 aliphatic rings. The lowest BCUT2D eigenvalue weighted by Crippen LogP contribution is -2.54. The first-order valence-corrected chi connectivity index (χ1v) is 8.93. The number of aliphatic hydroxyl groups excluding tert-OH is 1. The van der Waals surface area contributed by atoms with E-state index in [0.29, 0.717) is 18.0 Å². The minimum atomic E-state index is -0.994. The number of carbonyl (C=O) groups is 1. The molecule has 0 spiro atoms. The maximum absolute atomic E-state index is 13.4. The number of halogens is 2.